The van der Waals surface area contributed by atoms with Crippen LogP contribution in [0.3, 0.4) is 0 Å². The van der Waals surface area contributed by atoms with Crippen molar-refractivity contribution in [2.24, 2.45) is 5.41 Å². The molecule has 24 heavy (non-hydrogen) atoms. The number of carbonyl (C=O) groups excluding carboxylic acids is 2. The SMILES string of the molecule is C=Cc1ccc(CCC(C)(C(C)=O)C(=O)OC2CCCCO2)cc1. The van der Waals surface area contributed by atoms with Crippen LogP contribution in [-0.4, -0.2) is 24.6 Å². The van der Waals surface area contributed by atoms with Gasteiger partial charge in [-0.15, -0.1) is 0 Å². The van der Waals surface area contributed by atoms with Crippen molar-refractivity contribution in [3.05, 3.63) is 42.0 Å². The van der Waals surface area contributed by atoms with Crippen LogP contribution in [0.2, 0.25) is 0 Å². The molecule has 130 valence electrons. The molecule has 0 aromatic heterocycles. The van der Waals surface area contributed by atoms with Crippen LogP contribution in [0.5, 0.6) is 0 Å². The van der Waals surface area contributed by atoms with E-state index in [1.165, 1.54) is 6.92 Å². The summed E-state index contributed by atoms with van der Waals surface area (Å²) in [6.45, 7) is 7.45. The molecular formula is C20H26O4. The third-order valence-electron chi connectivity index (χ3n) is 4.73. The molecule has 1 heterocycles. The molecule has 2 unspecified atom stereocenters. The lowest BCUT2D eigenvalue weighted by molar-refractivity contribution is -0.197. The Bertz CT molecular complexity index is 584. The van der Waals surface area contributed by atoms with Gasteiger partial charge in [-0.1, -0.05) is 36.9 Å². The van der Waals surface area contributed by atoms with Crippen molar-refractivity contribution in [1.82, 2.24) is 0 Å². The largest absolute Gasteiger partial charge is 0.435 e. The van der Waals surface area contributed by atoms with Crippen LogP contribution >= 0.6 is 0 Å². The number of rotatable bonds is 7. The van der Waals surface area contributed by atoms with Gasteiger partial charge in [0.1, 0.15) is 11.2 Å². The molecule has 1 aliphatic heterocycles. The van der Waals surface area contributed by atoms with Crippen LogP contribution in [0.15, 0.2) is 30.8 Å². The number of benzene rings is 1. The minimum Gasteiger partial charge on any atom is -0.435 e. The second kappa shape index (κ2) is 8.25. The molecule has 1 aliphatic rings. The van der Waals surface area contributed by atoms with Gasteiger partial charge in [-0.05, 0) is 50.7 Å². The van der Waals surface area contributed by atoms with E-state index in [2.05, 4.69) is 6.58 Å². The number of ketones is 1. The lowest BCUT2D eigenvalue weighted by Gasteiger charge is -2.29. The standard InChI is InChI=1S/C20H26O4/c1-4-16-8-10-17(11-9-16)12-13-20(3,15(2)21)19(22)24-18-7-5-6-14-23-18/h4,8-11,18H,1,5-7,12-14H2,2-3H3. The summed E-state index contributed by atoms with van der Waals surface area (Å²) in [5.74, 6) is -0.657. The summed E-state index contributed by atoms with van der Waals surface area (Å²) in [6.07, 6.45) is 4.98. The van der Waals surface area contributed by atoms with E-state index in [0.717, 1.165) is 24.0 Å². The lowest BCUT2D eigenvalue weighted by Crippen LogP contribution is -2.40. The Morgan fingerprint density at radius 3 is 2.58 bits per heavy atom. The predicted octanol–water partition coefficient (Wildman–Crippen LogP) is 3.93. The Hall–Kier alpha value is -1.94. The first-order valence-corrected chi connectivity index (χ1v) is 8.51. The van der Waals surface area contributed by atoms with Crippen molar-refractivity contribution in [3.8, 4) is 0 Å². The van der Waals surface area contributed by atoms with E-state index < -0.39 is 17.7 Å². The summed E-state index contributed by atoms with van der Waals surface area (Å²) >= 11 is 0. The van der Waals surface area contributed by atoms with Gasteiger partial charge in [0.25, 0.3) is 0 Å². The average Bonchev–Trinajstić information content (AvgIpc) is 2.60. The Morgan fingerprint density at radius 2 is 2.04 bits per heavy atom. The first kappa shape index (κ1) is 18.4. The number of carbonyl (C=O) groups is 2. The maximum absolute atomic E-state index is 12.6. The number of aryl methyl sites for hydroxylation is 1. The van der Waals surface area contributed by atoms with Crippen LogP contribution in [0, 0.1) is 5.41 Å². The van der Waals surface area contributed by atoms with Crippen LogP contribution < -0.4 is 0 Å². The number of hydrogen-bond donors (Lipinski definition) is 0. The van der Waals surface area contributed by atoms with Crippen LogP contribution in [0.25, 0.3) is 6.08 Å². The first-order valence-electron chi connectivity index (χ1n) is 8.51. The summed E-state index contributed by atoms with van der Waals surface area (Å²) in [7, 11) is 0. The molecule has 2 rings (SSSR count). The second-order valence-corrected chi connectivity index (χ2v) is 6.54. The number of Topliss-reactive ketones (excluding diaryl/α,β-unsaturated/α-hetero) is 1. The number of hydrogen-bond acceptors (Lipinski definition) is 4. The normalized spacial score (nSPS) is 20.0. The van der Waals surface area contributed by atoms with E-state index in [9.17, 15) is 9.59 Å². The third-order valence-corrected chi connectivity index (χ3v) is 4.73. The molecule has 1 aromatic carbocycles. The Kier molecular flexibility index (Phi) is 6.32. The molecule has 0 N–H and O–H groups in total. The predicted molar refractivity (Wildman–Crippen MR) is 93.3 cm³/mol. The molecule has 1 aromatic rings. The summed E-state index contributed by atoms with van der Waals surface area (Å²) < 4.78 is 10.9. The Balaban J connectivity index is 2.00. The fraction of sp³-hybridized carbons (Fsp3) is 0.500. The van der Waals surface area contributed by atoms with E-state index in [1.54, 1.807) is 13.0 Å². The summed E-state index contributed by atoms with van der Waals surface area (Å²) in [5.41, 5.74) is 0.981. The van der Waals surface area contributed by atoms with E-state index in [-0.39, 0.29) is 5.78 Å². The van der Waals surface area contributed by atoms with Crippen LogP contribution in [0.4, 0.5) is 0 Å². The molecule has 1 fully saturated rings. The van der Waals surface area contributed by atoms with Gasteiger partial charge in [0.15, 0.2) is 0 Å². The van der Waals surface area contributed by atoms with Crippen molar-refractivity contribution < 1.29 is 19.1 Å². The van der Waals surface area contributed by atoms with E-state index in [0.29, 0.717) is 25.9 Å². The zero-order valence-electron chi connectivity index (χ0n) is 14.5. The van der Waals surface area contributed by atoms with Gasteiger partial charge in [0.2, 0.25) is 6.29 Å². The molecule has 0 aliphatic carbocycles. The van der Waals surface area contributed by atoms with Crippen LogP contribution in [-0.2, 0) is 25.5 Å². The van der Waals surface area contributed by atoms with Crippen molar-refractivity contribution in [3.63, 3.8) is 0 Å². The quantitative estimate of drug-likeness (QED) is 0.561. The number of ether oxygens (including phenoxy) is 2. The third kappa shape index (κ3) is 4.54. The van der Waals surface area contributed by atoms with Gasteiger partial charge in [0, 0.05) is 6.42 Å². The minimum atomic E-state index is -1.14. The highest BCUT2D eigenvalue weighted by Crippen LogP contribution is 2.29. The molecule has 4 nitrogen and oxygen atoms in total. The van der Waals surface area contributed by atoms with Gasteiger partial charge in [-0.25, -0.2) is 0 Å². The maximum atomic E-state index is 12.6. The van der Waals surface area contributed by atoms with Gasteiger partial charge < -0.3 is 9.47 Å². The topological polar surface area (TPSA) is 52.6 Å². The molecule has 0 saturated carbocycles. The van der Waals surface area contributed by atoms with E-state index >= 15 is 0 Å². The molecule has 0 radical (unpaired) electrons. The molecule has 0 spiro atoms. The van der Waals surface area contributed by atoms with Gasteiger partial charge >= 0.3 is 5.97 Å². The molecule has 4 heteroatoms. The fourth-order valence-electron chi connectivity index (χ4n) is 2.69. The fourth-order valence-corrected chi connectivity index (χ4v) is 2.69. The molecular weight excluding hydrogens is 304 g/mol. The Morgan fingerprint density at radius 1 is 1.33 bits per heavy atom. The number of esters is 1. The summed E-state index contributed by atoms with van der Waals surface area (Å²) in [5, 5.41) is 0. The van der Waals surface area contributed by atoms with Crippen LogP contribution in [0.1, 0.15) is 50.7 Å². The van der Waals surface area contributed by atoms with Gasteiger partial charge in [-0.3, -0.25) is 9.59 Å². The zero-order chi connectivity index (χ0) is 17.6. The van der Waals surface area contributed by atoms with Crippen molar-refractivity contribution in [1.29, 1.82) is 0 Å². The van der Waals surface area contributed by atoms with E-state index in [1.807, 2.05) is 24.3 Å². The highest BCUT2D eigenvalue weighted by Gasteiger charge is 2.41. The molecule has 2 atom stereocenters. The second-order valence-electron chi connectivity index (χ2n) is 6.54. The molecule has 0 bridgehead atoms. The first-order chi connectivity index (χ1) is 11.5. The maximum Gasteiger partial charge on any atom is 0.321 e. The summed E-state index contributed by atoms with van der Waals surface area (Å²) in [6, 6.07) is 7.93. The zero-order valence-corrected chi connectivity index (χ0v) is 14.5. The van der Waals surface area contributed by atoms with Crippen molar-refractivity contribution >= 4 is 17.8 Å². The smallest absolute Gasteiger partial charge is 0.321 e. The monoisotopic (exact) mass is 330 g/mol. The molecule has 1 saturated heterocycles. The van der Waals surface area contributed by atoms with Gasteiger partial charge in [-0.2, -0.15) is 0 Å². The van der Waals surface area contributed by atoms with Crippen molar-refractivity contribution in [2.45, 2.75) is 52.2 Å². The van der Waals surface area contributed by atoms with E-state index in [4.69, 9.17) is 9.47 Å². The minimum absolute atomic E-state index is 0.175. The average molecular weight is 330 g/mol. The lowest BCUT2D eigenvalue weighted by atomic mass is 9.80. The van der Waals surface area contributed by atoms with Crippen molar-refractivity contribution in [2.75, 3.05) is 6.61 Å². The highest BCUT2D eigenvalue weighted by molar-refractivity contribution is 6.02. The Labute approximate surface area is 143 Å². The van der Waals surface area contributed by atoms with Gasteiger partial charge in [0.05, 0.1) is 6.61 Å². The molecule has 0 amide bonds. The summed E-state index contributed by atoms with van der Waals surface area (Å²) in [4.78, 5) is 24.7. The highest BCUT2D eigenvalue weighted by atomic mass is 16.7.